The van der Waals surface area contributed by atoms with Gasteiger partial charge in [0.2, 0.25) is 0 Å². The van der Waals surface area contributed by atoms with Gasteiger partial charge in [0, 0.05) is 18.1 Å². The summed E-state index contributed by atoms with van der Waals surface area (Å²) in [4.78, 5) is 2.64. The van der Waals surface area contributed by atoms with E-state index >= 15 is 0 Å². The van der Waals surface area contributed by atoms with Crippen LogP contribution < -0.4 is 5.32 Å². The van der Waals surface area contributed by atoms with E-state index < -0.39 is 0 Å². The zero-order valence-corrected chi connectivity index (χ0v) is 13.6. The minimum Gasteiger partial charge on any atom is -0.373 e. The lowest BCUT2D eigenvalue weighted by molar-refractivity contribution is -0.132. The molecule has 3 atom stereocenters. The van der Waals surface area contributed by atoms with Crippen LogP contribution in [0.5, 0.6) is 0 Å². The maximum atomic E-state index is 5.91. The number of ether oxygens (including phenoxy) is 1. The van der Waals surface area contributed by atoms with Crippen molar-refractivity contribution < 1.29 is 4.74 Å². The highest BCUT2D eigenvalue weighted by Gasteiger charge is 2.45. The van der Waals surface area contributed by atoms with E-state index in [1.54, 1.807) is 0 Å². The van der Waals surface area contributed by atoms with Crippen LogP contribution in [0.25, 0.3) is 0 Å². The molecule has 2 aliphatic heterocycles. The van der Waals surface area contributed by atoms with Gasteiger partial charge in [0.25, 0.3) is 0 Å². The number of likely N-dealkylation sites (tertiary alicyclic amines) is 1. The van der Waals surface area contributed by atoms with Crippen LogP contribution >= 0.6 is 0 Å². The lowest BCUT2D eigenvalue weighted by atomic mass is 9.91. The van der Waals surface area contributed by atoms with E-state index in [1.807, 2.05) is 0 Å². The Morgan fingerprint density at radius 1 is 1.16 bits per heavy atom. The number of nitrogens with one attached hydrogen (secondary N) is 1. The van der Waals surface area contributed by atoms with Crippen LogP contribution in [0.2, 0.25) is 0 Å². The summed E-state index contributed by atoms with van der Waals surface area (Å²) in [6.45, 7) is 17.0. The molecule has 0 aromatic carbocycles. The van der Waals surface area contributed by atoms with Crippen molar-refractivity contribution in [2.24, 2.45) is 5.41 Å². The van der Waals surface area contributed by atoms with Gasteiger partial charge in [-0.15, -0.1) is 0 Å². The van der Waals surface area contributed by atoms with Crippen molar-refractivity contribution in [2.45, 2.75) is 78.1 Å². The predicted octanol–water partition coefficient (Wildman–Crippen LogP) is 2.65. The normalized spacial score (nSPS) is 33.5. The summed E-state index contributed by atoms with van der Waals surface area (Å²) in [5, 5.41) is 3.71. The minimum atomic E-state index is 0.259. The molecule has 112 valence electrons. The van der Waals surface area contributed by atoms with Crippen LogP contribution in [0.3, 0.4) is 0 Å². The Kier molecular flexibility index (Phi) is 4.29. The molecular weight excluding hydrogens is 236 g/mol. The zero-order valence-electron chi connectivity index (χ0n) is 13.6. The van der Waals surface area contributed by atoms with E-state index in [0.717, 1.165) is 13.2 Å². The number of nitrogens with zero attached hydrogens (tertiary/aromatic N) is 1. The minimum absolute atomic E-state index is 0.259. The summed E-state index contributed by atoms with van der Waals surface area (Å²) < 4.78 is 5.91. The zero-order chi connectivity index (χ0) is 14.3. The summed E-state index contributed by atoms with van der Waals surface area (Å²) in [5.74, 6) is 0. The van der Waals surface area contributed by atoms with Crippen molar-refractivity contribution in [1.29, 1.82) is 0 Å². The van der Waals surface area contributed by atoms with E-state index in [4.69, 9.17) is 4.74 Å². The van der Waals surface area contributed by atoms with E-state index in [2.05, 4.69) is 51.8 Å². The molecule has 0 saturated carbocycles. The first-order valence-electron chi connectivity index (χ1n) is 7.80. The van der Waals surface area contributed by atoms with Gasteiger partial charge in [0.15, 0.2) is 0 Å². The lowest BCUT2D eigenvalue weighted by Crippen LogP contribution is -2.64. The fourth-order valence-corrected chi connectivity index (χ4v) is 3.26. The number of rotatable bonds is 3. The molecule has 2 unspecified atom stereocenters. The molecule has 2 fully saturated rings. The molecule has 2 aliphatic rings. The van der Waals surface area contributed by atoms with Gasteiger partial charge in [-0.1, -0.05) is 20.8 Å². The third-order valence-corrected chi connectivity index (χ3v) is 4.30. The standard InChI is InChI=1S/C16H32N2O/c1-15(2,3)11-17-12-10-19-14(12)13-8-7-9-18(13)16(4,5)6/h12-14,17H,7-11H2,1-6H3/t12?,13-,14?/m0/s1. The predicted molar refractivity (Wildman–Crippen MR) is 80.5 cm³/mol. The molecule has 3 nitrogen and oxygen atoms in total. The third kappa shape index (κ3) is 3.71. The molecule has 0 radical (unpaired) electrons. The molecule has 0 aliphatic carbocycles. The molecular formula is C16H32N2O. The van der Waals surface area contributed by atoms with Crippen LogP contribution in [0.1, 0.15) is 54.4 Å². The van der Waals surface area contributed by atoms with Crippen LogP contribution in [0.15, 0.2) is 0 Å². The van der Waals surface area contributed by atoms with Crippen molar-refractivity contribution >= 4 is 0 Å². The topological polar surface area (TPSA) is 24.5 Å². The summed E-state index contributed by atoms with van der Waals surface area (Å²) in [6.07, 6.45) is 2.99. The van der Waals surface area contributed by atoms with Crippen molar-refractivity contribution in [3.63, 3.8) is 0 Å². The molecule has 0 bridgehead atoms. The van der Waals surface area contributed by atoms with Gasteiger partial charge in [-0.25, -0.2) is 0 Å². The Balaban J connectivity index is 1.91. The van der Waals surface area contributed by atoms with Gasteiger partial charge in [0.05, 0.1) is 18.8 Å². The highest BCUT2D eigenvalue weighted by atomic mass is 16.5. The fourth-order valence-electron chi connectivity index (χ4n) is 3.26. The van der Waals surface area contributed by atoms with E-state index in [0.29, 0.717) is 23.6 Å². The van der Waals surface area contributed by atoms with E-state index in [-0.39, 0.29) is 5.54 Å². The summed E-state index contributed by atoms with van der Waals surface area (Å²) in [5.41, 5.74) is 0.605. The highest BCUT2D eigenvalue weighted by molar-refractivity contribution is 5.00. The van der Waals surface area contributed by atoms with Gasteiger partial charge < -0.3 is 10.1 Å². The van der Waals surface area contributed by atoms with Gasteiger partial charge in [0.1, 0.15) is 0 Å². The second-order valence-electron chi connectivity index (χ2n) is 8.42. The molecule has 2 rings (SSSR count). The van der Waals surface area contributed by atoms with Gasteiger partial charge in [-0.2, -0.15) is 0 Å². The molecule has 2 saturated heterocycles. The molecule has 1 N–H and O–H groups in total. The quantitative estimate of drug-likeness (QED) is 0.851. The van der Waals surface area contributed by atoms with Crippen molar-refractivity contribution in [3.05, 3.63) is 0 Å². The van der Waals surface area contributed by atoms with Crippen LogP contribution in [-0.4, -0.2) is 48.3 Å². The molecule has 0 amide bonds. The van der Waals surface area contributed by atoms with Crippen LogP contribution in [-0.2, 0) is 4.74 Å². The Hall–Kier alpha value is -0.120. The summed E-state index contributed by atoms with van der Waals surface area (Å²) in [7, 11) is 0. The Morgan fingerprint density at radius 2 is 1.84 bits per heavy atom. The largest absolute Gasteiger partial charge is 0.373 e. The van der Waals surface area contributed by atoms with Crippen LogP contribution in [0, 0.1) is 5.41 Å². The molecule has 19 heavy (non-hydrogen) atoms. The van der Waals surface area contributed by atoms with Crippen molar-refractivity contribution in [2.75, 3.05) is 19.7 Å². The van der Waals surface area contributed by atoms with Crippen LogP contribution in [0.4, 0.5) is 0 Å². The Morgan fingerprint density at radius 3 is 2.32 bits per heavy atom. The van der Waals surface area contributed by atoms with Crippen molar-refractivity contribution in [1.82, 2.24) is 10.2 Å². The smallest absolute Gasteiger partial charge is 0.0906 e. The first kappa shape index (κ1) is 15.3. The fraction of sp³-hybridized carbons (Fsp3) is 1.00. The maximum Gasteiger partial charge on any atom is 0.0906 e. The Labute approximate surface area is 119 Å². The molecule has 0 aromatic heterocycles. The van der Waals surface area contributed by atoms with E-state index in [9.17, 15) is 0 Å². The SMILES string of the molecule is CC(C)(C)CNC1COC1[C@@H]1CCCN1C(C)(C)C. The number of hydrogen-bond acceptors (Lipinski definition) is 3. The highest BCUT2D eigenvalue weighted by Crippen LogP contribution is 2.33. The lowest BCUT2D eigenvalue weighted by Gasteiger charge is -2.48. The summed E-state index contributed by atoms with van der Waals surface area (Å²) >= 11 is 0. The van der Waals surface area contributed by atoms with Gasteiger partial charge in [-0.3, -0.25) is 4.90 Å². The third-order valence-electron chi connectivity index (χ3n) is 4.30. The van der Waals surface area contributed by atoms with Gasteiger partial charge in [-0.05, 0) is 45.6 Å². The molecule has 3 heteroatoms. The second-order valence-corrected chi connectivity index (χ2v) is 8.42. The van der Waals surface area contributed by atoms with E-state index in [1.165, 1.54) is 19.4 Å². The average Bonchev–Trinajstić information content (AvgIpc) is 2.62. The molecule has 0 aromatic rings. The first-order chi connectivity index (χ1) is 8.68. The average molecular weight is 268 g/mol. The first-order valence-corrected chi connectivity index (χ1v) is 7.80. The monoisotopic (exact) mass is 268 g/mol. The second kappa shape index (κ2) is 5.34. The van der Waals surface area contributed by atoms with Gasteiger partial charge >= 0.3 is 0 Å². The molecule has 0 spiro atoms. The number of hydrogen-bond donors (Lipinski definition) is 1. The maximum absolute atomic E-state index is 5.91. The Bertz CT molecular complexity index is 303. The molecule has 2 heterocycles. The summed E-state index contributed by atoms with van der Waals surface area (Å²) in [6, 6.07) is 1.15. The van der Waals surface area contributed by atoms with Crippen molar-refractivity contribution in [3.8, 4) is 0 Å².